The van der Waals surface area contributed by atoms with E-state index in [0.29, 0.717) is 32.2 Å². The smallest absolute Gasteiger partial charge is 0.326 e. The molecule has 0 spiro atoms. The van der Waals surface area contributed by atoms with Crippen LogP contribution in [0.25, 0.3) is 0 Å². The second-order valence-electron chi connectivity index (χ2n) is 7.13. The van der Waals surface area contributed by atoms with Crippen molar-refractivity contribution in [1.82, 2.24) is 15.5 Å². The molecule has 12 nitrogen and oxygen atoms in total. The molecule has 0 bridgehead atoms. The molecule has 30 heavy (non-hydrogen) atoms. The van der Waals surface area contributed by atoms with E-state index in [0.717, 1.165) is 0 Å². The molecule has 170 valence electrons. The SMILES string of the molecule is NCCCCC(NC(=O)C1CCCN1C(=O)C(CCC(=O)O)NC(=O)CN)C(=O)O. The third-order valence-corrected chi connectivity index (χ3v) is 4.87. The number of carbonyl (C=O) groups excluding carboxylic acids is 3. The lowest BCUT2D eigenvalue weighted by Gasteiger charge is -2.29. The third-order valence-electron chi connectivity index (χ3n) is 4.87. The van der Waals surface area contributed by atoms with Gasteiger partial charge in [-0.05, 0) is 45.1 Å². The van der Waals surface area contributed by atoms with E-state index in [1.165, 1.54) is 4.90 Å². The van der Waals surface area contributed by atoms with E-state index in [4.69, 9.17) is 16.6 Å². The molecule has 0 aliphatic carbocycles. The lowest BCUT2D eigenvalue weighted by Crippen LogP contribution is -2.55. The maximum atomic E-state index is 12.9. The molecule has 8 N–H and O–H groups in total. The first-order valence-electron chi connectivity index (χ1n) is 9.96. The Morgan fingerprint density at radius 1 is 1.00 bits per heavy atom. The van der Waals surface area contributed by atoms with E-state index in [-0.39, 0.29) is 32.4 Å². The highest BCUT2D eigenvalue weighted by atomic mass is 16.4. The topological polar surface area (TPSA) is 205 Å². The molecule has 3 amide bonds. The van der Waals surface area contributed by atoms with Gasteiger partial charge in [-0.2, -0.15) is 0 Å². The van der Waals surface area contributed by atoms with Gasteiger partial charge in [0.2, 0.25) is 17.7 Å². The summed E-state index contributed by atoms with van der Waals surface area (Å²) in [5.41, 5.74) is 10.7. The Morgan fingerprint density at radius 2 is 1.70 bits per heavy atom. The summed E-state index contributed by atoms with van der Waals surface area (Å²) in [5.74, 6) is -4.11. The maximum Gasteiger partial charge on any atom is 0.326 e. The van der Waals surface area contributed by atoms with Crippen LogP contribution in [0.5, 0.6) is 0 Å². The van der Waals surface area contributed by atoms with Gasteiger partial charge in [0.15, 0.2) is 0 Å². The molecule has 12 heteroatoms. The number of rotatable bonds is 13. The van der Waals surface area contributed by atoms with Gasteiger partial charge in [-0.1, -0.05) is 0 Å². The Morgan fingerprint density at radius 3 is 2.27 bits per heavy atom. The highest BCUT2D eigenvalue weighted by Gasteiger charge is 2.38. The molecule has 1 rings (SSSR count). The van der Waals surface area contributed by atoms with E-state index < -0.39 is 47.8 Å². The summed E-state index contributed by atoms with van der Waals surface area (Å²) in [5, 5.41) is 23.1. The summed E-state index contributed by atoms with van der Waals surface area (Å²) >= 11 is 0. The first-order chi connectivity index (χ1) is 14.2. The molecule has 3 unspecified atom stereocenters. The quantitative estimate of drug-likeness (QED) is 0.178. The molecule has 0 aromatic carbocycles. The van der Waals surface area contributed by atoms with Gasteiger partial charge in [0.05, 0.1) is 6.54 Å². The van der Waals surface area contributed by atoms with Gasteiger partial charge in [0.1, 0.15) is 18.1 Å². The van der Waals surface area contributed by atoms with Crippen LogP contribution in [0.15, 0.2) is 0 Å². The molecule has 0 saturated carbocycles. The largest absolute Gasteiger partial charge is 0.481 e. The van der Waals surface area contributed by atoms with Gasteiger partial charge >= 0.3 is 11.9 Å². The lowest BCUT2D eigenvalue weighted by atomic mass is 10.1. The number of amides is 3. The van der Waals surface area contributed by atoms with Crippen LogP contribution in [-0.4, -0.2) is 82.5 Å². The normalized spacial score (nSPS) is 17.8. The fourth-order valence-electron chi connectivity index (χ4n) is 3.30. The van der Waals surface area contributed by atoms with Crippen molar-refractivity contribution in [3.8, 4) is 0 Å². The minimum Gasteiger partial charge on any atom is -0.481 e. The van der Waals surface area contributed by atoms with Crippen LogP contribution >= 0.6 is 0 Å². The van der Waals surface area contributed by atoms with Crippen molar-refractivity contribution in [2.45, 2.75) is 63.1 Å². The van der Waals surface area contributed by atoms with Crippen LogP contribution < -0.4 is 22.1 Å². The second-order valence-corrected chi connectivity index (χ2v) is 7.13. The van der Waals surface area contributed by atoms with Gasteiger partial charge in [0, 0.05) is 13.0 Å². The summed E-state index contributed by atoms with van der Waals surface area (Å²) < 4.78 is 0. The number of nitrogens with zero attached hydrogens (tertiary/aromatic N) is 1. The predicted molar refractivity (Wildman–Crippen MR) is 105 cm³/mol. The van der Waals surface area contributed by atoms with Crippen molar-refractivity contribution < 1.29 is 34.2 Å². The molecule has 3 atom stereocenters. The minimum atomic E-state index is -1.18. The van der Waals surface area contributed by atoms with E-state index in [9.17, 15) is 29.1 Å². The number of nitrogens with two attached hydrogens (primary N) is 2. The number of nitrogens with one attached hydrogen (secondary N) is 2. The zero-order valence-electron chi connectivity index (χ0n) is 16.8. The van der Waals surface area contributed by atoms with Crippen LogP contribution in [0.2, 0.25) is 0 Å². The minimum absolute atomic E-state index is 0.151. The first-order valence-corrected chi connectivity index (χ1v) is 9.96. The lowest BCUT2D eigenvalue weighted by molar-refractivity contribution is -0.145. The van der Waals surface area contributed by atoms with Gasteiger partial charge in [0.25, 0.3) is 0 Å². The zero-order chi connectivity index (χ0) is 22.7. The fraction of sp³-hybridized carbons (Fsp3) is 0.722. The Hall–Kier alpha value is -2.73. The Bertz CT molecular complexity index is 642. The third kappa shape index (κ3) is 7.95. The maximum absolute atomic E-state index is 12.9. The van der Waals surface area contributed by atoms with Crippen LogP contribution in [-0.2, 0) is 24.0 Å². The molecule has 0 aromatic heterocycles. The second kappa shape index (κ2) is 12.8. The van der Waals surface area contributed by atoms with E-state index in [2.05, 4.69) is 10.6 Å². The molecular weight excluding hydrogens is 398 g/mol. The Labute approximate surface area is 174 Å². The van der Waals surface area contributed by atoms with Crippen LogP contribution in [0.4, 0.5) is 0 Å². The summed E-state index contributed by atoms with van der Waals surface area (Å²) in [6.07, 6.45) is 1.72. The van der Waals surface area contributed by atoms with Crippen molar-refractivity contribution in [1.29, 1.82) is 0 Å². The molecule has 1 saturated heterocycles. The molecule has 1 aliphatic heterocycles. The summed E-state index contributed by atoms with van der Waals surface area (Å²) in [6.45, 7) is 0.283. The molecule has 1 fully saturated rings. The number of hydrogen-bond acceptors (Lipinski definition) is 7. The molecule has 0 aromatic rings. The summed E-state index contributed by atoms with van der Waals surface area (Å²) in [6, 6.07) is -3.12. The summed E-state index contributed by atoms with van der Waals surface area (Å²) in [4.78, 5) is 60.8. The van der Waals surface area contributed by atoms with Crippen molar-refractivity contribution in [3.05, 3.63) is 0 Å². The first kappa shape index (κ1) is 25.3. The van der Waals surface area contributed by atoms with Gasteiger partial charge in [-0.3, -0.25) is 19.2 Å². The van der Waals surface area contributed by atoms with Crippen molar-refractivity contribution >= 4 is 29.7 Å². The van der Waals surface area contributed by atoms with Gasteiger partial charge < -0.3 is 37.2 Å². The number of carboxylic acids is 2. The molecular formula is C18H31N5O7. The standard InChI is InChI=1S/C18H31N5O7/c19-8-2-1-4-12(18(29)30)22-16(27)13-5-3-9-23(13)17(28)11(6-7-15(25)26)21-14(24)10-20/h11-13H,1-10,19-20H2,(H,21,24)(H,22,27)(H,25,26)(H,29,30). The monoisotopic (exact) mass is 429 g/mol. The van der Waals surface area contributed by atoms with Crippen molar-refractivity contribution in [2.24, 2.45) is 11.5 Å². The van der Waals surface area contributed by atoms with Gasteiger partial charge in [-0.15, -0.1) is 0 Å². The number of carboxylic acid groups (broad SMARTS) is 2. The summed E-state index contributed by atoms with van der Waals surface area (Å²) in [7, 11) is 0. The van der Waals surface area contributed by atoms with Crippen molar-refractivity contribution in [2.75, 3.05) is 19.6 Å². The van der Waals surface area contributed by atoms with E-state index in [1.54, 1.807) is 0 Å². The zero-order valence-corrected chi connectivity index (χ0v) is 16.8. The predicted octanol–water partition coefficient (Wildman–Crippen LogP) is -2.02. The molecule has 0 radical (unpaired) electrons. The highest BCUT2D eigenvalue weighted by Crippen LogP contribution is 2.20. The highest BCUT2D eigenvalue weighted by molar-refractivity contribution is 5.94. The molecule has 1 aliphatic rings. The van der Waals surface area contributed by atoms with E-state index in [1.807, 2.05) is 0 Å². The van der Waals surface area contributed by atoms with Crippen LogP contribution in [0, 0.1) is 0 Å². The van der Waals surface area contributed by atoms with E-state index >= 15 is 0 Å². The number of hydrogen-bond donors (Lipinski definition) is 6. The van der Waals surface area contributed by atoms with Crippen LogP contribution in [0.1, 0.15) is 44.9 Å². The Kier molecular flexibility index (Phi) is 10.8. The van der Waals surface area contributed by atoms with Crippen LogP contribution in [0.3, 0.4) is 0 Å². The molecule has 1 heterocycles. The number of likely N-dealkylation sites (tertiary alicyclic amines) is 1. The Balaban J connectivity index is 2.85. The number of carbonyl (C=O) groups is 5. The van der Waals surface area contributed by atoms with Gasteiger partial charge in [-0.25, -0.2) is 4.79 Å². The van der Waals surface area contributed by atoms with Crippen molar-refractivity contribution in [3.63, 3.8) is 0 Å². The fourth-order valence-corrected chi connectivity index (χ4v) is 3.30. The average Bonchev–Trinajstić information content (AvgIpc) is 3.19. The number of aliphatic carboxylic acids is 2. The average molecular weight is 429 g/mol. The number of unbranched alkanes of at least 4 members (excludes halogenated alkanes) is 1.